The molecule has 1 saturated carbocycles. The van der Waals surface area contributed by atoms with Crippen LogP contribution in [0.1, 0.15) is 25.7 Å². The van der Waals surface area contributed by atoms with Crippen LogP contribution in [0, 0.1) is 23.2 Å². The fourth-order valence-corrected chi connectivity index (χ4v) is 2.83. The van der Waals surface area contributed by atoms with Crippen LogP contribution in [0.5, 0.6) is 0 Å². The van der Waals surface area contributed by atoms with Crippen LogP contribution in [0.3, 0.4) is 0 Å². The van der Waals surface area contributed by atoms with Crippen LogP contribution < -0.4 is 5.73 Å². The summed E-state index contributed by atoms with van der Waals surface area (Å²) in [6.07, 6.45) is 3.53. The van der Waals surface area contributed by atoms with E-state index in [2.05, 4.69) is 6.07 Å². The van der Waals surface area contributed by atoms with E-state index in [-0.39, 0.29) is 11.8 Å². The lowest BCUT2D eigenvalue weighted by Crippen LogP contribution is -2.48. The van der Waals surface area contributed by atoms with Gasteiger partial charge in [0.15, 0.2) is 6.10 Å². The summed E-state index contributed by atoms with van der Waals surface area (Å²) in [4.78, 5) is 14.1. The Morgan fingerprint density at radius 3 is 2.72 bits per heavy atom. The fourth-order valence-electron chi connectivity index (χ4n) is 2.83. The number of amides is 1. The maximum Gasteiger partial charge on any atom is 0.225 e. The van der Waals surface area contributed by atoms with E-state index in [0.717, 1.165) is 32.2 Å². The van der Waals surface area contributed by atoms with E-state index < -0.39 is 6.10 Å². The lowest BCUT2D eigenvalue weighted by molar-refractivity contribution is -0.142. The topological polar surface area (TPSA) is 79.4 Å². The number of carbonyl (C=O) groups is 1. The Labute approximate surface area is 108 Å². The number of nitrogens with two attached hydrogens (primary N) is 1. The monoisotopic (exact) mass is 251 g/mol. The predicted molar refractivity (Wildman–Crippen MR) is 66.4 cm³/mol. The molecule has 0 aromatic heterocycles. The van der Waals surface area contributed by atoms with Crippen LogP contribution >= 0.6 is 0 Å². The zero-order valence-electron chi connectivity index (χ0n) is 10.7. The molecule has 1 atom stereocenters. The minimum Gasteiger partial charge on any atom is -0.360 e. The third-order valence-electron chi connectivity index (χ3n) is 4.05. The first-order chi connectivity index (χ1) is 8.74. The van der Waals surface area contributed by atoms with Crippen molar-refractivity contribution in [2.45, 2.75) is 31.8 Å². The van der Waals surface area contributed by atoms with Crippen molar-refractivity contribution < 1.29 is 9.53 Å². The average molecular weight is 251 g/mol. The molecule has 2 aliphatic rings. The normalized spacial score (nSPS) is 32.9. The van der Waals surface area contributed by atoms with Gasteiger partial charge in [0.1, 0.15) is 0 Å². The van der Waals surface area contributed by atoms with Crippen molar-refractivity contribution >= 4 is 5.91 Å². The Hall–Kier alpha value is -1.12. The minimum absolute atomic E-state index is 0.130. The quantitative estimate of drug-likeness (QED) is 0.775. The molecule has 2 rings (SSSR count). The molecule has 5 heteroatoms. The molecular formula is C13H21N3O2. The molecule has 18 heavy (non-hydrogen) atoms. The standard InChI is InChI=1S/C13H21N3O2/c14-7-10-1-3-11(4-2-10)13(17)16-5-6-18-12(8-15)9-16/h10-12H,1-7,9,14H2. The van der Waals surface area contributed by atoms with Crippen molar-refractivity contribution in [1.29, 1.82) is 5.26 Å². The summed E-state index contributed by atoms with van der Waals surface area (Å²) in [6, 6.07) is 2.08. The highest BCUT2D eigenvalue weighted by Gasteiger charge is 2.31. The summed E-state index contributed by atoms with van der Waals surface area (Å²) < 4.78 is 5.26. The second-order valence-electron chi connectivity index (χ2n) is 5.23. The van der Waals surface area contributed by atoms with Gasteiger partial charge < -0.3 is 15.4 Å². The number of nitriles is 1. The van der Waals surface area contributed by atoms with Gasteiger partial charge in [0.25, 0.3) is 0 Å². The smallest absolute Gasteiger partial charge is 0.225 e. The van der Waals surface area contributed by atoms with Crippen LogP contribution in [0.15, 0.2) is 0 Å². The van der Waals surface area contributed by atoms with E-state index in [1.165, 1.54) is 0 Å². The number of nitrogens with zero attached hydrogens (tertiary/aromatic N) is 2. The lowest BCUT2D eigenvalue weighted by atomic mass is 9.81. The van der Waals surface area contributed by atoms with E-state index in [4.69, 9.17) is 15.7 Å². The molecule has 5 nitrogen and oxygen atoms in total. The van der Waals surface area contributed by atoms with E-state index in [1.54, 1.807) is 4.90 Å². The predicted octanol–water partition coefficient (Wildman–Crippen LogP) is 0.502. The van der Waals surface area contributed by atoms with Crippen molar-refractivity contribution in [3.63, 3.8) is 0 Å². The van der Waals surface area contributed by atoms with Gasteiger partial charge in [-0.05, 0) is 38.1 Å². The molecule has 100 valence electrons. The van der Waals surface area contributed by atoms with Gasteiger partial charge in [-0.25, -0.2) is 0 Å². The summed E-state index contributed by atoms with van der Waals surface area (Å²) in [7, 11) is 0. The highest BCUT2D eigenvalue weighted by Crippen LogP contribution is 2.29. The van der Waals surface area contributed by atoms with Crippen molar-refractivity contribution in [2.75, 3.05) is 26.2 Å². The van der Waals surface area contributed by atoms with E-state index >= 15 is 0 Å². The Balaban J connectivity index is 1.86. The molecule has 0 spiro atoms. The first kappa shape index (κ1) is 13.3. The van der Waals surface area contributed by atoms with E-state index in [9.17, 15) is 4.79 Å². The maximum atomic E-state index is 12.3. The number of morpholine rings is 1. The molecule has 1 amide bonds. The van der Waals surface area contributed by atoms with Crippen molar-refractivity contribution in [1.82, 2.24) is 4.90 Å². The first-order valence-electron chi connectivity index (χ1n) is 6.74. The number of ether oxygens (including phenoxy) is 1. The van der Waals surface area contributed by atoms with E-state index in [1.807, 2.05) is 0 Å². The third kappa shape index (κ3) is 3.01. The molecule has 1 saturated heterocycles. The molecule has 0 aromatic rings. The van der Waals surface area contributed by atoms with Gasteiger partial charge in [-0.3, -0.25) is 4.79 Å². The Morgan fingerprint density at radius 1 is 1.39 bits per heavy atom. The van der Waals surface area contributed by atoms with Crippen LogP contribution in [0.2, 0.25) is 0 Å². The molecule has 1 heterocycles. The molecule has 1 unspecified atom stereocenters. The third-order valence-corrected chi connectivity index (χ3v) is 4.05. The SMILES string of the molecule is N#CC1CN(C(=O)C2CCC(CN)CC2)CCO1. The van der Waals surface area contributed by atoms with Gasteiger partial charge in [0.2, 0.25) is 5.91 Å². The summed E-state index contributed by atoms with van der Waals surface area (Å²) in [5.74, 6) is 0.921. The number of hydrogen-bond acceptors (Lipinski definition) is 4. The van der Waals surface area contributed by atoms with Crippen LogP contribution in [0.4, 0.5) is 0 Å². The second kappa shape index (κ2) is 6.17. The summed E-state index contributed by atoms with van der Waals surface area (Å²) in [5, 5.41) is 8.84. The molecule has 2 fully saturated rings. The van der Waals surface area contributed by atoms with Gasteiger partial charge in [0.05, 0.1) is 19.2 Å². The molecule has 0 bridgehead atoms. The first-order valence-corrected chi connectivity index (χ1v) is 6.74. The zero-order chi connectivity index (χ0) is 13.0. The maximum absolute atomic E-state index is 12.3. The van der Waals surface area contributed by atoms with Gasteiger partial charge in [-0.1, -0.05) is 0 Å². The van der Waals surface area contributed by atoms with Crippen molar-refractivity contribution in [2.24, 2.45) is 17.6 Å². The number of rotatable bonds is 2. The van der Waals surface area contributed by atoms with Crippen LogP contribution in [-0.4, -0.2) is 43.2 Å². The largest absolute Gasteiger partial charge is 0.360 e. The summed E-state index contributed by atoms with van der Waals surface area (Å²) in [5.41, 5.74) is 5.66. The number of hydrogen-bond donors (Lipinski definition) is 1. The molecule has 2 N–H and O–H groups in total. The Morgan fingerprint density at radius 2 is 2.11 bits per heavy atom. The molecule has 0 aromatic carbocycles. The van der Waals surface area contributed by atoms with Gasteiger partial charge >= 0.3 is 0 Å². The van der Waals surface area contributed by atoms with E-state index in [0.29, 0.717) is 25.6 Å². The molecule has 1 aliphatic heterocycles. The van der Waals surface area contributed by atoms with Crippen molar-refractivity contribution in [3.05, 3.63) is 0 Å². The molecule has 0 radical (unpaired) electrons. The zero-order valence-corrected chi connectivity index (χ0v) is 10.7. The van der Waals surface area contributed by atoms with Crippen molar-refractivity contribution in [3.8, 4) is 6.07 Å². The second-order valence-corrected chi connectivity index (χ2v) is 5.23. The Bertz CT molecular complexity index is 332. The van der Waals surface area contributed by atoms with Gasteiger partial charge in [-0.15, -0.1) is 0 Å². The average Bonchev–Trinajstić information content (AvgIpc) is 2.46. The van der Waals surface area contributed by atoms with Crippen LogP contribution in [-0.2, 0) is 9.53 Å². The summed E-state index contributed by atoms with van der Waals surface area (Å²) >= 11 is 0. The highest BCUT2D eigenvalue weighted by atomic mass is 16.5. The molecule has 1 aliphatic carbocycles. The van der Waals surface area contributed by atoms with Gasteiger partial charge in [0, 0.05) is 12.5 Å². The van der Waals surface area contributed by atoms with Gasteiger partial charge in [-0.2, -0.15) is 5.26 Å². The van der Waals surface area contributed by atoms with Crippen LogP contribution in [0.25, 0.3) is 0 Å². The summed E-state index contributed by atoms with van der Waals surface area (Å²) in [6.45, 7) is 2.25. The molecular weight excluding hydrogens is 230 g/mol. The fraction of sp³-hybridized carbons (Fsp3) is 0.846. The minimum atomic E-state index is -0.455. The highest BCUT2D eigenvalue weighted by molar-refractivity contribution is 5.79. The lowest BCUT2D eigenvalue weighted by Gasteiger charge is -2.35. The Kier molecular flexibility index (Phi) is 4.56. The number of carbonyl (C=O) groups excluding carboxylic acids is 1.